The molecule has 11 heteroatoms. The van der Waals surface area contributed by atoms with Crippen LogP contribution in [0.4, 0.5) is 11.4 Å². The molecule has 146 valence electrons. The maximum Gasteiger partial charge on any atom is 0.527 e. The van der Waals surface area contributed by atoms with Crippen molar-refractivity contribution in [3.05, 3.63) is 42.2 Å². The second-order valence-corrected chi connectivity index (χ2v) is 7.18. The predicted octanol–water partition coefficient (Wildman–Crippen LogP) is 2.50. The Bertz CT molecular complexity index is 814. The van der Waals surface area contributed by atoms with Crippen molar-refractivity contribution in [1.29, 1.82) is 0 Å². The van der Waals surface area contributed by atoms with Crippen LogP contribution in [-0.4, -0.2) is 41.3 Å². The Morgan fingerprint density at radius 3 is 2.56 bits per heavy atom. The largest absolute Gasteiger partial charge is 0.527 e. The number of hydrogen-bond acceptors (Lipinski definition) is 7. The Hall–Kier alpha value is -2.10. The summed E-state index contributed by atoms with van der Waals surface area (Å²) in [6, 6.07) is 10.6. The average Bonchev–Trinajstić information content (AvgIpc) is 3.07. The number of furan rings is 1. The lowest BCUT2D eigenvalue weighted by atomic mass is 10.2. The van der Waals surface area contributed by atoms with Gasteiger partial charge in [-0.3, -0.25) is 9.79 Å². The molecule has 0 atom stereocenters. The second-order valence-electron chi connectivity index (χ2n) is 5.65. The first kappa shape index (κ1) is 19.7. The van der Waals surface area contributed by atoms with Crippen molar-refractivity contribution < 1.29 is 32.8 Å². The Balaban J connectivity index is 1.47. The molecule has 2 heterocycles. The van der Waals surface area contributed by atoms with Crippen molar-refractivity contribution in [2.24, 2.45) is 0 Å². The summed E-state index contributed by atoms with van der Waals surface area (Å²) in [5, 5.41) is 3.10. The van der Waals surface area contributed by atoms with Crippen LogP contribution in [0.5, 0.6) is 5.95 Å². The summed E-state index contributed by atoms with van der Waals surface area (Å²) < 4.78 is 30.9. The highest BCUT2D eigenvalue weighted by molar-refractivity contribution is 7.80. The fourth-order valence-corrected chi connectivity index (χ4v) is 2.98. The number of morpholine rings is 1. The molecule has 0 radical (unpaired) electrons. The van der Waals surface area contributed by atoms with E-state index in [0.717, 1.165) is 37.7 Å². The number of benzene rings is 1. The molecule has 0 amide bonds. The Morgan fingerprint density at radius 1 is 1.19 bits per heavy atom. The summed E-state index contributed by atoms with van der Waals surface area (Å²) in [7, 11) is -4.66. The third-order valence-electron chi connectivity index (χ3n) is 3.68. The zero-order chi connectivity index (χ0) is 19.3. The number of nitrogens with one attached hydrogen (secondary N) is 1. The number of rotatable bonds is 6. The lowest BCUT2D eigenvalue weighted by Gasteiger charge is -2.28. The van der Waals surface area contributed by atoms with E-state index in [9.17, 15) is 4.57 Å². The maximum atomic E-state index is 10.7. The van der Waals surface area contributed by atoms with E-state index < -0.39 is 7.82 Å². The van der Waals surface area contributed by atoms with Crippen LogP contribution in [0.15, 0.2) is 40.8 Å². The molecule has 2 aromatic rings. The third-order valence-corrected chi connectivity index (χ3v) is 4.32. The number of ether oxygens (including phenoxy) is 2. The van der Waals surface area contributed by atoms with Gasteiger partial charge in [0.1, 0.15) is 12.4 Å². The van der Waals surface area contributed by atoms with Gasteiger partial charge in [-0.25, -0.2) is 4.57 Å². The standard InChI is InChI=1S/C16H19N2O7PS/c19-26(20,21)25-15-6-5-14(24-15)11-23-16(27)17-12-1-3-13(4-2-12)18-7-9-22-10-8-18/h1-6H,7-11H2,(H,17,27)(H2,19,20,21). The van der Waals surface area contributed by atoms with Crippen LogP contribution in [0.25, 0.3) is 0 Å². The first-order valence-corrected chi connectivity index (χ1v) is 10.0. The number of anilines is 2. The first-order chi connectivity index (χ1) is 12.9. The molecule has 1 aromatic heterocycles. The minimum Gasteiger partial charge on any atom is -0.463 e. The minimum atomic E-state index is -4.66. The Kier molecular flexibility index (Phi) is 6.35. The Labute approximate surface area is 161 Å². The van der Waals surface area contributed by atoms with Crippen molar-refractivity contribution in [1.82, 2.24) is 0 Å². The molecule has 0 saturated carbocycles. The molecule has 0 bridgehead atoms. The van der Waals surface area contributed by atoms with E-state index in [4.69, 9.17) is 35.9 Å². The molecule has 9 nitrogen and oxygen atoms in total. The zero-order valence-corrected chi connectivity index (χ0v) is 15.9. The van der Waals surface area contributed by atoms with Gasteiger partial charge in [-0.05, 0) is 42.5 Å². The van der Waals surface area contributed by atoms with E-state index in [2.05, 4.69) is 14.7 Å². The van der Waals surface area contributed by atoms with Crippen LogP contribution >= 0.6 is 20.0 Å². The molecule has 1 aliphatic heterocycles. The van der Waals surface area contributed by atoms with E-state index in [1.165, 1.54) is 12.1 Å². The summed E-state index contributed by atoms with van der Waals surface area (Å²) in [6.45, 7) is 3.18. The van der Waals surface area contributed by atoms with Crippen LogP contribution in [0.3, 0.4) is 0 Å². The lowest BCUT2D eigenvalue weighted by Crippen LogP contribution is -2.36. The molecule has 1 fully saturated rings. The van der Waals surface area contributed by atoms with E-state index in [1.54, 1.807) is 0 Å². The molecule has 0 unspecified atom stereocenters. The summed E-state index contributed by atoms with van der Waals surface area (Å²) in [4.78, 5) is 19.7. The number of phosphoric acid groups is 1. The van der Waals surface area contributed by atoms with Gasteiger partial charge in [0.2, 0.25) is 0 Å². The molecule has 1 saturated heterocycles. The van der Waals surface area contributed by atoms with Crippen molar-refractivity contribution in [3.8, 4) is 5.95 Å². The van der Waals surface area contributed by atoms with Crippen LogP contribution in [-0.2, 0) is 20.6 Å². The monoisotopic (exact) mass is 414 g/mol. The van der Waals surface area contributed by atoms with Gasteiger partial charge in [-0.15, -0.1) is 0 Å². The minimum absolute atomic E-state index is 0.0117. The average molecular weight is 414 g/mol. The molecule has 3 rings (SSSR count). The number of hydrogen-bond donors (Lipinski definition) is 3. The summed E-state index contributed by atoms with van der Waals surface area (Å²) in [5.74, 6) is 0.0183. The van der Waals surface area contributed by atoms with E-state index in [0.29, 0.717) is 5.76 Å². The molecule has 1 aromatic carbocycles. The smallest absolute Gasteiger partial charge is 0.463 e. The van der Waals surface area contributed by atoms with Crippen molar-refractivity contribution in [2.45, 2.75) is 6.61 Å². The first-order valence-electron chi connectivity index (χ1n) is 8.09. The van der Waals surface area contributed by atoms with E-state index >= 15 is 0 Å². The predicted molar refractivity (Wildman–Crippen MR) is 102 cm³/mol. The maximum absolute atomic E-state index is 10.7. The Morgan fingerprint density at radius 2 is 1.89 bits per heavy atom. The highest BCUT2D eigenvalue weighted by atomic mass is 32.1. The number of nitrogens with zero attached hydrogens (tertiary/aromatic N) is 1. The van der Waals surface area contributed by atoms with Gasteiger partial charge in [-0.2, -0.15) is 0 Å². The number of phosphoric ester groups is 1. The normalized spacial score (nSPS) is 14.7. The van der Waals surface area contributed by atoms with Gasteiger partial charge in [0.25, 0.3) is 11.1 Å². The molecule has 1 aliphatic rings. The van der Waals surface area contributed by atoms with Crippen LogP contribution in [0.1, 0.15) is 5.76 Å². The van der Waals surface area contributed by atoms with Gasteiger partial charge in [0.15, 0.2) is 0 Å². The fourth-order valence-electron chi connectivity index (χ4n) is 2.47. The van der Waals surface area contributed by atoms with Crippen LogP contribution < -0.4 is 14.7 Å². The lowest BCUT2D eigenvalue weighted by molar-refractivity contribution is 0.122. The highest BCUT2D eigenvalue weighted by Gasteiger charge is 2.18. The van der Waals surface area contributed by atoms with Gasteiger partial charge in [-0.1, -0.05) is 0 Å². The number of thiocarbonyl (C=S) groups is 1. The quantitative estimate of drug-likeness (QED) is 0.481. The molecule has 27 heavy (non-hydrogen) atoms. The fraction of sp³-hybridized carbons (Fsp3) is 0.312. The molecule has 0 aliphatic carbocycles. The third kappa shape index (κ3) is 6.23. The summed E-state index contributed by atoms with van der Waals surface area (Å²) in [5.41, 5.74) is 1.89. The SMILES string of the molecule is O=P(O)(O)Oc1ccc(COC(=S)Nc2ccc(N3CCOCC3)cc2)o1. The topological polar surface area (TPSA) is 114 Å². The summed E-state index contributed by atoms with van der Waals surface area (Å²) >= 11 is 5.13. The van der Waals surface area contributed by atoms with Crippen molar-refractivity contribution in [2.75, 3.05) is 36.5 Å². The second kappa shape index (κ2) is 8.73. The molecule has 0 spiro atoms. The van der Waals surface area contributed by atoms with Gasteiger partial charge in [0, 0.05) is 30.5 Å². The van der Waals surface area contributed by atoms with Crippen LogP contribution in [0.2, 0.25) is 0 Å². The molecular formula is C16H19N2O7PS. The van der Waals surface area contributed by atoms with Crippen molar-refractivity contribution >= 4 is 36.6 Å². The van der Waals surface area contributed by atoms with Gasteiger partial charge < -0.3 is 28.6 Å². The zero-order valence-electron chi connectivity index (χ0n) is 14.2. The van der Waals surface area contributed by atoms with Gasteiger partial charge in [0.05, 0.1) is 13.2 Å². The molecule has 3 N–H and O–H groups in total. The van der Waals surface area contributed by atoms with Crippen molar-refractivity contribution in [3.63, 3.8) is 0 Å². The van der Waals surface area contributed by atoms with Crippen LogP contribution in [0, 0.1) is 0 Å². The van der Waals surface area contributed by atoms with E-state index in [1.807, 2.05) is 24.3 Å². The van der Waals surface area contributed by atoms with E-state index in [-0.39, 0.29) is 17.7 Å². The highest BCUT2D eigenvalue weighted by Crippen LogP contribution is 2.38. The van der Waals surface area contributed by atoms with Gasteiger partial charge >= 0.3 is 7.82 Å². The summed E-state index contributed by atoms with van der Waals surface area (Å²) in [6.07, 6.45) is 0. The molecular weight excluding hydrogens is 395 g/mol.